The Morgan fingerprint density at radius 3 is 3.00 bits per heavy atom. The summed E-state index contributed by atoms with van der Waals surface area (Å²) in [5.74, 6) is 2.40. The second-order valence-corrected chi connectivity index (χ2v) is 8.05. The molecule has 0 aliphatic carbocycles. The molecule has 1 amide bonds. The third kappa shape index (κ3) is 5.23. The van der Waals surface area contributed by atoms with Crippen molar-refractivity contribution in [2.75, 3.05) is 13.7 Å². The van der Waals surface area contributed by atoms with Gasteiger partial charge in [0, 0.05) is 19.4 Å². The highest BCUT2D eigenvalue weighted by atomic mass is 32.2. The summed E-state index contributed by atoms with van der Waals surface area (Å²) < 4.78 is 18.6. The zero-order valence-corrected chi connectivity index (χ0v) is 18.0. The molecule has 3 aromatic rings. The quantitative estimate of drug-likeness (QED) is 0.468. The van der Waals surface area contributed by atoms with E-state index in [1.165, 1.54) is 11.8 Å². The van der Waals surface area contributed by atoms with Crippen LogP contribution in [-0.2, 0) is 28.2 Å². The summed E-state index contributed by atoms with van der Waals surface area (Å²) in [7, 11) is 1.60. The van der Waals surface area contributed by atoms with Crippen LogP contribution in [0.1, 0.15) is 31.0 Å². The number of nitrogens with two attached hydrogens (primary N) is 1. The van der Waals surface area contributed by atoms with Gasteiger partial charge in [0.2, 0.25) is 17.6 Å². The van der Waals surface area contributed by atoms with E-state index in [9.17, 15) is 4.79 Å². The van der Waals surface area contributed by atoms with Gasteiger partial charge in [-0.3, -0.25) is 4.79 Å². The maximum atomic E-state index is 11.2. The number of amides is 1. The van der Waals surface area contributed by atoms with Crippen LogP contribution in [0, 0.1) is 0 Å². The second-order valence-electron chi connectivity index (χ2n) is 7.11. The predicted octanol–water partition coefficient (Wildman–Crippen LogP) is 2.23. The minimum Gasteiger partial charge on any atom is -0.496 e. The van der Waals surface area contributed by atoms with E-state index in [2.05, 4.69) is 20.3 Å². The molecule has 0 saturated carbocycles. The number of hydrogen-bond donors (Lipinski definition) is 1. The molecule has 164 valence electrons. The Bertz CT molecular complexity index is 1030. The summed E-state index contributed by atoms with van der Waals surface area (Å²) in [6.45, 7) is 1.40. The SMILES string of the molecule is COc1ccccc1-c1noc(CSc2nnc(CCC(N)=O)n2C[C@H]2CCCO2)n1. The van der Waals surface area contributed by atoms with Crippen molar-refractivity contribution in [3.05, 3.63) is 36.0 Å². The van der Waals surface area contributed by atoms with Crippen molar-refractivity contribution in [3.63, 3.8) is 0 Å². The van der Waals surface area contributed by atoms with Crippen molar-refractivity contribution in [2.24, 2.45) is 5.73 Å². The van der Waals surface area contributed by atoms with E-state index in [1.54, 1.807) is 7.11 Å². The first-order valence-electron chi connectivity index (χ1n) is 10.0. The van der Waals surface area contributed by atoms with Crippen LogP contribution in [0.15, 0.2) is 33.9 Å². The molecule has 2 N–H and O–H groups in total. The van der Waals surface area contributed by atoms with Crippen LogP contribution >= 0.6 is 11.8 Å². The Morgan fingerprint density at radius 1 is 1.35 bits per heavy atom. The fourth-order valence-electron chi connectivity index (χ4n) is 3.40. The Balaban J connectivity index is 1.47. The van der Waals surface area contributed by atoms with E-state index >= 15 is 0 Å². The average molecular weight is 445 g/mol. The van der Waals surface area contributed by atoms with E-state index in [4.69, 9.17) is 19.7 Å². The summed E-state index contributed by atoms with van der Waals surface area (Å²) in [6, 6.07) is 7.50. The fourth-order valence-corrected chi connectivity index (χ4v) is 4.20. The Morgan fingerprint density at radius 2 is 2.23 bits per heavy atom. The monoisotopic (exact) mass is 444 g/mol. The van der Waals surface area contributed by atoms with Gasteiger partial charge in [-0.1, -0.05) is 29.1 Å². The number of benzene rings is 1. The van der Waals surface area contributed by atoms with E-state index in [-0.39, 0.29) is 18.4 Å². The van der Waals surface area contributed by atoms with Gasteiger partial charge in [-0.25, -0.2) is 0 Å². The first-order chi connectivity index (χ1) is 15.1. The molecular weight excluding hydrogens is 420 g/mol. The van der Waals surface area contributed by atoms with Gasteiger partial charge in [-0.2, -0.15) is 4.98 Å². The van der Waals surface area contributed by atoms with Crippen molar-refractivity contribution in [1.82, 2.24) is 24.9 Å². The van der Waals surface area contributed by atoms with Crippen LogP contribution in [0.4, 0.5) is 0 Å². The summed E-state index contributed by atoms with van der Waals surface area (Å²) in [5, 5.41) is 13.4. The third-order valence-electron chi connectivity index (χ3n) is 4.94. The van der Waals surface area contributed by atoms with Crippen LogP contribution in [-0.4, -0.2) is 50.6 Å². The summed E-state index contributed by atoms with van der Waals surface area (Å²) in [4.78, 5) is 15.7. The minimum absolute atomic E-state index is 0.114. The van der Waals surface area contributed by atoms with Crippen molar-refractivity contribution in [2.45, 2.75) is 49.2 Å². The maximum Gasteiger partial charge on any atom is 0.237 e. The van der Waals surface area contributed by atoms with Gasteiger partial charge in [-0.05, 0) is 25.0 Å². The van der Waals surface area contributed by atoms with Gasteiger partial charge < -0.3 is 24.3 Å². The number of ether oxygens (including phenoxy) is 2. The molecule has 1 aliphatic heterocycles. The molecule has 0 unspecified atom stereocenters. The molecule has 4 rings (SSSR count). The number of thioether (sulfide) groups is 1. The largest absolute Gasteiger partial charge is 0.496 e. The zero-order valence-electron chi connectivity index (χ0n) is 17.2. The van der Waals surface area contributed by atoms with Crippen LogP contribution in [0.2, 0.25) is 0 Å². The molecule has 1 saturated heterocycles. The van der Waals surface area contributed by atoms with Crippen molar-refractivity contribution < 1.29 is 18.8 Å². The molecule has 1 aromatic carbocycles. The third-order valence-corrected chi connectivity index (χ3v) is 5.89. The lowest BCUT2D eigenvalue weighted by Crippen LogP contribution is -2.19. The molecule has 11 heteroatoms. The van der Waals surface area contributed by atoms with Gasteiger partial charge >= 0.3 is 0 Å². The number of carbonyl (C=O) groups is 1. The predicted molar refractivity (Wildman–Crippen MR) is 112 cm³/mol. The van der Waals surface area contributed by atoms with E-state index in [0.29, 0.717) is 41.3 Å². The Hall–Kier alpha value is -2.92. The van der Waals surface area contributed by atoms with Crippen LogP contribution in [0.3, 0.4) is 0 Å². The van der Waals surface area contributed by atoms with Gasteiger partial charge in [0.05, 0.1) is 31.1 Å². The molecule has 2 aromatic heterocycles. The molecule has 0 bridgehead atoms. The highest BCUT2D eigenvalue weighted by Gasteiger charge is 2.22. The molecule has 1 atom stereocenters. The molecular formula is C20H24N6O4S. The standard InChI is InChI=1S/C20H24N6O4S/c1-28-15-7-3-2-6-14(15)19-22-18(30-25-19)12-31-20-24-23-17(9-8-16(21)27)26(20)11-13-5-4-10-29-13/h2-3,6-7,13H,4-5,8-12H2,1H3,(H2,21,27)/t13-/m1/s1. The van der Waals surface area contributed by atoms with Crippen molar-refractivity contribution in [1.29, 1.82) is 0 Å². The van der Waals surface area contributed by atoms with E-state index < -0.39 is 0 Å². The lowest BCUT2D eigenvalue weighted by Gasteiger charge is -2.14. The number of primary amides is 1. The Kier molecular flexibility index (Phi) is 6.82. The molecule has 10 nitrogen and oxygen atoms in total. The number of aromatic nitrogens is 5. The number of methoxy groups -OCH3 is 1. The number of para-hydroxylation sites is 1. The van der Waals surface area contributed by atoms with Crippen molar-refractivity contribution >= 4 is 17.7 Å². The number of aryl methyl sites for hydroxylation is 1. The van der Waals surface area contributed by atoms with Gasteiger partial charge in [0.1, 0.15) is 11.6 Å². The van der Waals surface area contributed by atoms with Crippen LogP contribution in [0.25, 0.3) is 11.4 Å². The maximum absolute atomic E-state index is 11.2. The highest BCUT2D eigenvalue weighted by Crippen LogP contribution is 2.29. The zero-order chi connectivity index (χ0) is 21.6. The van der Waals surface area contributed by atoms with Gasteiger partial charge in [0.25, 0.3) is 0 Å². The smallest absolute Gasteiger partial charge is 0.237 e. The first kappa shape index (κ1) is 21.3. The number of rotatable bonds is 10. The lowest BCUT2D eigenvalue weighted by atomic mass is 10.2. The van der Waals surface area contributed by atoms with E-state index in [0.717, 1.165) is 30.8 Å². The average Bonchev–Trinajstić information content (AvgIpc) is 3.53. The fraction of sp³-hybridized carbons (Fsp3) is 0.450. The number of hydrogen-bond acceptors (Lipinski definition) is 9. The van der Waals surface area contributed by atoms with E-state index in [1.807, 2.05) is 28.8 Å². The van der Waals surface area contributed by atoms with Gasteiger partial charge in [-0.15, -0.1) is 10.2 Å². The lowest BCUT2D eigenvalue weighted by molar-refractivity contribution is -0.118. The Labute approximate surface area is 183 Å². The van der Waals surface area contributed by atoms with Crippen molar-refractivity contribution in [3.8, 4) is 17.1 Å². The van der Waals surface area contributed by atoms with Gasteiger partial charge in [0.15, 0.2) is 5.16 Å². The van der Waals surface area contributed by atoms with Crippen LogP contribution in [0.5, 0.6) is 5.75 Å². The molecule has 31 heavy (non-hydrogen) atoms. The topological polar surface area (TPSA) is 131 Å². The summed E-state index contributed by atoms with van der Waals surface area (Å²) in [6.07, 6.45) is 2.81. The summed E-state index contributed by atoms with van der Waals surface area (Å²) >= 11 is 1.45. The normalized spacial score (nSPS) is 16.0. The van der Waals surface area contributed by atoms with Crippen LogP contribution < -0.4 is 10.5 Å². The first-order valence-corrected chi connectivity index (χ1v) is 11.0. The molecule has 0 spiro atoms. The molecule has 1 fully saturated rings. The molecule has 0 radical (unpaired) electrons. The minimum atomic E-state index is -0.365. The summed E-state index contributed by atoms with van der Waals surface area (Å²) in [5.41, 5.74) is 6.07. The highest BCUT2D eigenvalue weighted by molar-refractivity contribution is 7.98. The number of carbonyl (C=O) groups excluding carboxylic acids is 1. The molecule has 1 aliphatic rings. The molecule has 3 heterocycles. The second kappa shape index (κ2) is 9.92. The number of nitrogens with zero attached hydrogens (tertiary/aromatic N) is 5.